The number of carbonyl (C=O) groups is 3. The summed E-state index contributed by atoms with van der Waals surface area (Å²) in [5.74, 6) is -1.12. The van der Waals surface area contributed by atoms with Crippen molar-refractivity contribution in [1.29, 1.82) is 0 Å². The third kappa shape index (κ3) is 4.52. The lowest BCUT2D eigenvalue weighted by Gasteiger charge is -2.12. The van der Waals surface area contributed by atoms with Crippen LogP contribution in [0.4, 0.5) is 5.69 Å². The minimum absolute atomic E-state index is 0.138. The standard InChI is InChI=1S/C25H20N2O5/c1-31-25(30)18-12-16(13-19(14-18)27-24(29)22-10-5-11-32-22)15-26-23(28)21-9-4-7-17-6-2-3-8-20(17)21/h2-14H,15H2,1H3,(H,26,28)(H,27,29). The molecule has 1 heterocycles. The van der Waals surface area contributed by atoms with E-state index in [1.165, 1.54) is 25.5 Å². The van der Waals surface area contributed by atoms with Crippen LogP contribution in [0, 0.1) is 0 Å². The molecule has 0 aliphatic heterocycles. The number of benzene rings is 3. The maximum absolute atomic E-state index is 12.8. The van der Waals surface area contributed by atoms with Crippen molar-refractivity contribution in [2.45, 2.75) is 6.54 Å². The van der Waals surface area contributed by atoms with Crippen molar-refractivity contribution in [1.82, 2.24) is 5.32 Å². The molecule has 160 valence electrons. The largest absolute Gasteiger partial charge is 0.465 e. The second-order valence-electron chi connectivity index (χ2n) is 7.05. The molecular weight excluding hydrogens is 408 g/mol. The summed E-state index contributed by atoms with van der Waals surface area (Å²) in [5, 5.41) is 7.39. The quantitative estimate of drug-likeness (QED) is 0.444. The van der Waals surface area contributed by atoms with Gasteiger partial charge in [-0.25, -0.2) is 4.79 Å². The van der Waals surface area contributed by atoms with Gasteiger partial charge in [-0.2, -0.15) is 0 Å². The van der Waals surface area contributed by atoms with E-state index in [4.69, 9.17) is 9.15 Å². The van der Waals surface area contributed by atoms with Gasteiger partial charge in [-0.1, -0.05) is 36.4 Å². The number of hydrogen-bond donors (Lipinski definition) is 2. The Morgan fingerprint density at radius 3 is 2.50 bits per heavy atom. The van der Waals surface area contributed by atoms with Crippen molar-refractivity contribution < 1.29 is 23.5 Å². The number of esters is 1. The fourth-order valence-electron chi connectivity index (χ4n) is 3.40. The highest BCUT2D eigenvalue weighted by Gasteiger charge is 2.15. The van der Waals surface area contributed by atoms with Crippen molar-refractivity contribution in [3.05, 3.63) is 102 Å². The molecule has 0 aliphatic carbocycles. The van der Waals surface area contributed by atoms with Crippen LogP contribution in [-0.2, 0) is 11.3 Å². The van der Waals surface area contributed by atoms with Gasteiger partial charge in [-0.15, -0.1) is 0 Å². The van der Waals surface area contributed by atoms with E-state index in [1.54, 1.807) is 24.3 Å². The molecule has 2 N–H and O–H groups in total. The minimum atomic E-state index is -0.555. The number of rotatable bonds is 6. The van der Waals surface area contributed by atoms with Gasteiger partial charge < -0.3 is 19.8 Å². The average Bonchev–Trinajstić information content (AvgIpc) is 3.37. The summed E-state index contributed by atoms with van der Waals surface area (Å²) in [5.41, 5.74) is 1.80. The lowest BCUT2D eigenvalue weighted by atomic mass is 10.0. The average molecular weight is 428 g/mol. The number of amides is 2. The molecule has 0 unspecified atom stereocenters. The van der Waals surface area contributed by atoms with E-state index < -0.39 is 11.9 Å². The number of ether oxygens (including phenoxy) is 1. The van der Waals surface area contributed by atoms with Gasteiger partial charge in [0.25, 0.3) is 11.8 Å². The maximum atomic E-state index is 12.8. The topological polar surface area (TPSA) is 97.6 Å². The second-order valence-corrected chi connectivity index (χ2v) is 7.05. The summed E-state index contributed by atoms with van der Waals surface area (Å²) < 4.78 is 9.91. The van der Waals surface area contributed by atoms with Gasteiger partial charge in [0.2, 0.25) is 0 Å². The number of furan rings is 1. The van der Waals surface area contributed by atoms with Gasteiger partial charge in [0, 0.05) is 17.8 Å². The van der Waals surface area contributed by atoms with Crippen LogP contribution in [0.2, 0.25) is 0 Å². The van der Waals surface area contributed by atoms with Crippen LogP contribution in [0.1, 0.15) is 36.8 Å². The van der Waals surface area contributed by atoms with Gasteiger partial charge in [-0.05, 0) is 52.7 Å². The van der Waals surface area contributed by atoms with Gasteiger partial charge in [0.15, 0.2) is 5.76 Å². The first-order valence-electron chi connectivity index (χ1n) is 9.88. The van der Waals surface area contributed by atoms with Crippen molar-refractivity contribution in [2.24, 2.45) is 0 Å². The van der Waals surface area contributed by atoms with E-state index in [0.717, 1.165) is 10.8 Å². The van der Waals surface area contributed by atoms with Crippen LogP contribution in [0.25, 0.3) is 10.8 Å². The molecule has 0 bridgehead atoms. The molecule has 0 radical (unpaired) electrons. The maximum Gasteiger partial charge on any atom is 0.337 e. The molecule has 7 heteroatoms. The molecule has 32 heavy (non-hydrogen) atoms. The Labute approximate surface area is 184 Å². The molecule has 0 saturated heterocycles. The normalized spacial score (nSPS) is 10.5. The molecule has 7 nitrogen and oxygen atoms in total. The third-order valence-electron chi connectivity index (χ3n) is 4.90. The number of fused-ring (bicyclic) bond motifs is 1. The molecule has 0 spiro atoms. The Hall–Kier alpha value is -4.39. The van der Waals surface area contributed by atoms with Crippen LogP contribution in [0.15, 0.2) is 83.5 Å². The van der Waals surface area contributed by atoms with E-state index >= 15 is 0 Å². The lowest BCUT2D eigenvalue weighted by Crippen LogP contribution is -2.23. The zero-order chi connectivity index (χ0) is 22.5. The van der Waals surface area contributed by atoms with Crippen LogP contribution < -0.4 is 10.6 Å². The molecule has 0 atom stereocenters. The van der Waals surface area contributed by atoms with E-state index in [2.05, 4.69) is 10.6 Å². The van der Waals surface area contributed by atoms with Crippen molar-refractivity contribution in [3.8, 4) is 0 Å². The third-order valence-corrected chi connectivity index (χ3v) is 4.90. The molecular formula is C25H20N2O5. The van der Waals surface area contributed by atoms with Gasteiger partial charge in [-0.3, -0.25) is 9.59 Å². The predicted molar refractivity (Wildman–Crippen MR) is 120 cm³/mol. The summed E-state index contributed by atoms with van der Waals surface area (Å²) in [4.78, 5) is 37.3. The number of carbonyl (C=O) groups excluding carboxylic acids is 3. The van der Waals surface area contributed by atoms with Crippen LogP contribution in [0.5, 0.6) is 0 Å². The number of methoxy groups -OCH3 is 1. The monoisotopic (exact) mass is 428 g/mol. The van der Waals surface area contributed by atoms with Crippen LogP contribution in [0.3, 0.4) is 0 Å². The lowest BCUT2D eigenvalue weighted by molar-refractivity contribution is 0.0600. The summed E-state index contributed by atoms with van der Waals surface area (Å²) >= 11 is 0. The molecule has 1 aromatic heterocycles. The molecule has 4 aromatic rings. The predicted octanol–water partition coefficient (Wildman–Crippen LogP) is 4.40. The summed E-state index contributed by atoms with van der Waals surface area (Å²) in [6, 6.07) is 21.1. The first-order valence-corrected chi connectivity index (χ1v) is 9.88. The highest BCUT2D eigenvalue weighted by molar-refractivity contribution is 6.07. The van der Waals surface area contributed by atoms with E-state index in [9.17, 15) is 14.4 Å². The number of hydrogen-bond acceptors (Lipinski definition) is 5. The Kier molecular flexibility index (Phi) is 5.98. The summed E-state index contributed by atoms with van der Waals surface area (Å²) in [7, 11) is 1.28. The molecule has 0 aliphatic rings. The second kappa shape index (κ2) is 9.18. The Morgan fingerprint density at radius 1 is 0.906 bits per heavy atom. The fraction of sp³-hybridized carbons (Fsp3) is 0.0800. The van der Waals surface area contributed by atoms with E-state index in [-0.39, 0.29) is 23.8 Å². The van der Waals surface area contributed by atoms with E-state index in [0.29, 0.717) is 16.8 Å². The van der Waals surface area contributed by atoms with Crippen LogP contribution in [-0.4, -0.2) is 24.9 Å². The Morgan fingerprint density at radius 2 is 1.72 bits per heavy atom. The number of nitrogens with one attached hydrogen (secondary N) is 2. The summed E-state index contributed by atoms with van der Waals surface area (Å²) in [6.45, 7) is 0.149. The highest BCUT2D eigenvalue weighted by atomic mass is 16.5. The fourth-order valence-corrected chi connectivity index (χ4v) is 3.40. The van der Waals surface area contributed by atoms with E-state index in [1.807, 2.05) is 36.4 Å². The SMILES string of the molecule is COC(=O)c1cc(CNC(=O)c2cccc3ccccc23)cc(NC(=O)c2ccco2)c1. The summed E-state index contributed by atoms with van der Waals surface area (Å²) in [6.07, 6.45) is 1.40. The minimum Gasteiger partial charge on any atom is -0.465 e. The molecule has 4 rings (SSSR count). The van der Waals surface area contributed by atoms with Gasteiger partial charge in [0.1, 0.15) is 0 Å². The first-order chi connectivity index (χ1) is 15.5. The zero-order valence-electron chi connectivity index (χ0n) is 17.3. The first kappa shape index (κ1) is 20.9. The van der Waals surface area contributed by atoms with Crippen molar-refractivity contribution in [2.75, 3.05) is 12.4 Å². The Balaban J connectivity index is 1.56. The van der Waals surface area contributed by atoms with Gasteiger partial charge >= 0.3 is 5.97 Å². The molecule has 0 fully saturated rings. The van der Waals surface area contributed by atoms with Crippen molar-refractivity contribution in [3.63, 3.8) is 0 Å². The zero-order valence-corrected chi connectivity index (χ0v) is 17.3. The molecule has 3 aromatic carbocycles. The number of anilines is 1. The Bertz CT molecular complexity index is 1290. The highest BCUT2D eigenvalue weighted by Crippen LogP contribution is 2.20. The van der Waals surface area contributed by atoms with Crippen LogP contribution >= 0.6 is 0 Å². The molecule has 2 amide bonds. The van der Waals surface area contributed by atoms with Gasteiger partial charge in [0.05, 0.1) is 18.9 Å². The van der Waals surface area contributed by atoms with Crippen molar-refractivity contribution >= 4 is 34.2 Å². The molecule has 0 saturated carbocycles. The smallest absolute Gasteiger partial charge is 0.337 e.